The molecular weight excluding hydrogens is 360 g/mol. The third kappa shape index (κ3) is 7.19. The molecule has 1 aromatic heterocycles. The summed E-state index contributed by atoms with van der Waals surface area (Å²) in [5.41, 5.74) is 0. The lowest BCUT2D eigenvalue weighted by molar-refractivity contribution is -0.152. The van der Waals surface area contributed by atoms with Crippen molar-refractivity contribution in [2.45, 2.75) is 75.4 Å². The lowest BCUT2D eigenvalue weighted by atomic mass is 9.96. The SMILES string of the molecule is CC(C)NC(=O)[C@H](C)OC(=O)CSc1nnc(NC2CCCCC2)s1. The lowest BCUT2D eigenvalue weighted by Crippen LogP contribution is -2.39. The van der Waals surface area contributed by atoms with Crippen LogP contribution in [0.4, 0.5) is 5.13 Å². The van der Waals surface area contributed by atoms with Gasteiger partial charge in [-0.25, -0.2) is 0 Å². The Morgan fingerprint density at radius 2 is 1.96 bits per heavy atom. The van der Waals surface area contributed by atoms with E-state index in [2.05, 4.69) is 20.8 Å². The summed E-state index contributed by atoms with van der Waals surface area (Å²) in [5.74, 6) is -0.617. The van der Waals surface area contributed by atoms with Crippen molar-refractivity contribution in [3.05, 3.63) is 0 Å². The van der Waals surface area contributed by atoms with Crippen molar-refractivity contribution in [2.24, 2.45) is 0 Å². The zero-order valence-electron chi connectivity index (χ0n) is 14.9. The summed E-state index contributed by atoms with van der Waals surface area (Å²) in [7, 11) is 0. The van der Waals surface area contributed by atoms with Gasteiger partial charge in [0.05, 0.1) is 5.75 Å². The molecule has 140 valence electrons. The van der Waals surface area contributed by atoms with E-state index < -0.39 is 12.1 Å². The van der Waals surface area contributed by atoms with Crippen molar-refractivity contribution >= 4 is 40.1 Å². The first-order chi connectivity index (χ1) is 11.9. The van der Waals surface area contributed by atoms with Gasteiger partial charge in [-0.2, -0.15) is 0 Å². The number of ether oxygens (including phenoxy) is 1. The molecule has 0 aliphatic heterocycles. The number of esters is 1. The van der Waals surface area contributed by atoms with Crippen LogP contribution in [0, 0.1) is 0 Å². The average molecular weight is 387 g/mol. The highest BCUT2D eigenvalue weighted by atomic mass is 32.2. The monoisotopic (exact) mass is 386 g/mol. The number of amides is 1. The Hall–Kier alpha value is -1.35. The molecule has 2 N–H and O–H groups in total. The Balaban J connectivity index is 1.71. The minimum atomic E-state index is -0.798. The quantitative estimate of drug-likeness (QED) is 0.524. The largest absolute Gasteiger partial charge is 0.452 e. The highest BCUT2D eigenvalue weighted by Crippen LogP contribution is 2.28. The third-order valence-electron chi connectivity index (χ3n) is 3.76. The van der Waals surface area contributed by atoms with Gasteiger partial charge in [0.15, 0.2) is 10.4 Å². The van der Waals surface area contributed by atoms with Gasteiger partial charge in [-0.15, -0.1) is 10.2 Å². The maximum absolute atomic E-state index is 11.9. The number of nitrogens with one attached hydrogen (secondary N) is 2. The number of rotatable bonds is 8. The highest BCUT2D eigenvalue weighted by molar-refractivity contribution is 8.01. The van der Waals surface area contributed by atoms with Gasteiger partial charge < -0.3 is 15.4 Å². The summed E-state index contributed by atoms with van der Waals surface area (Å²) in [6.07, 6.45) is 5.37. The summed E-state index contributed by atoms with van der Waals surface area (Å²) in [6, 6.07) is 0.490. The van der Waals surface area contributed by atoms with Gasteiger partial charge in [0.1, 0.15) is 0 Å². The summed E-state index contributed by atoms with van der Waals surface area (Å²) >= 11 is 2.72. The molecule has 0 bridgehead atoms. The zero-order chi connectivity index (χ0) is 18.2. The number of aromatic nitrogens is 2. The summed E-state index contributed by atoms with van der Waals surface area (Å²) in [4.78, 5) is 23.6. The molecule has 1 aliphatic carbocycles. The van der Waals surface area contributed by atoms with Crippen LogP contribution in [0.25, 0.3) is 0 Å². The van der Waals surface area contributed by atoms with Crippen molar-refractivity contribution in [3.63, 3.8) is 0 Å². The van der Waals surface area contributed by atoms with E-state index in [1.807, 2.05) is 13.8 Å². The standard InChI is InChI=1S/C16H26N4O3S2/c1-10(2)17-14(22)11(3)23-13(21)9-24-16-20-19-15(25-16)18-12-7-5-4-6-8-12/h10-12H,4-9H2,1-3H3,(H,17,22)(H,18,19)/t11-/m0/s1. The van der Waals surface area contributed by atoms with Crippen molar-refractivity contribution in [3.8, 4) is 0 Å². The number of carbonyl (C=O) groups is 2. The molecule has 0 radical (unpaired) electrons. The molecule has 0 unspecified atom stereocenters. The van der Waals surface area contributed by atoms with Crippen molar-refractivity contribution in [1.82, 2.24) is 15.5 Å². The molecule has 0 spiro atoms. The van der Waals surface area contributed by atoms with Crippen LogP contribution >= 0.6 is 23.1 Å². The van der Waals surface area contributed by atoms with Crippen LogP contribution in [-0.2, 0) is 14.3 Å². The van der Waals surface area contributed by atoms with Gasteiger partial charge in [0.25, 0.3) is 5.91 Å². The highest BCUT2D eigenvalue weighted by Gasteiger charge is 2.19. The molecule has 1 heterocycles. The number of thioether (sulfide) groups is 1. The first-order valence-corrected chi connectivity index (χ1v) is 10.5. The molecule has 0 saturated heterocycles. The van der Waals surface area contributed by atoms with Gasteiger partial charge in [0.2, 0.25) is 5.13 Å². The molecule has 7 nitrogen and oxygen atoms in total. The molecule has 1 saturated carbocycles. The van der Waals surface area contributed by atoms with Gasteiger partial charge in [-0.3, -0.25) is 9.59 Å². The van der Waals surface area contributed by atoms with Gasteiger partial charge in [0, 0.05) is 12.1 Å². The van der Waals surface area contributed by atoms with E-state index in [-0.39, 0.29) is 17.7 Å². The average Bonchev–Trinajstić information content (AvgIpc) is 3.00. The molecule has 9 heteroatoms. The topological polar surface area (TPSA) is 93.2 Å². The second-order valence-electron chi connectivity index (χ2n) is 6.44. The van der Waals surface area contributed by atoms with Gasteiger partial charge in [-0.1, -0.05) is 42.4 Å². The maximum Gasteiger partial charge on any atom is 0.317 e. The first kappa shape index (κ1) is 20.0. The molecular formula is C16H26N4O3S2. The Morgan fingerprint density at radius 3 is 2.64 bits per heavy atom. The second kappa shape index (κ2) is 9.96. The van der Waals surface area contributed by atoms with E-state index in [9.17, 15) is 9.59 Å². The molecule has 25 heavy (non-hydrogen) atoms. The Bertz CT molecular complexity index is 573. The van der Waals surface area contributed by atoms with E-state index in [1.165, 1.54) is 55.2 Å². The van der Waals surface area contributed by atoms with E-state index in [4.69, 9.17) is 4.74 Å². The van der Waals surface area contributed by atoms with Crippen molar-refractivity contribution in [1.29, 1.82) is 0 Å². The number of carbonyl (C=O) groups excluding carboxylic acids is 2. The second-order valence-corrected chi connectivity index (χ2v) is 8.64. The normalized spacial score (nSPS) is 16.5. The van der Waals surface area contributed by atoms with Crippen LogP contribution < -0.4 is 10.6 Å². The zero-order valence-corrected chi connectivity index (χ0v) is 16.5. The van der Waals surface area contributed by atoms with Gasteiger partial charge in [-0.05, 0) is 33.6 Å². The predicted octanol–water partition coefficient (Wildman–Crippen LogP) is 2.83. The summed E-state index contributed by atoms with van der Waals surface area (Å²) < 4.78 is 5.85. The maximum atomic E-state index is 11.9. The number of anilines is 1. The van der Waals surface area contributed by atoms with Crippen LogP contribution in [-0.4, -0.2) is 46.0 Å². The number of hydrogen-bond acceptors (Lipinski definition) is 8. The van der Waals surface area contributed by atoms with E-state index in [0.29, 0.717) is 6.04 Å². The van der Waals surface area contributed by atoms with E-state index >= 15 is 0 Å². The summed E-state index contributed by atoms with van der Waals surface area (Å²) in [5, 5.41) is 15.1. The fraction of sp³-hybridized carbons (Fsp3) is 0.750. The number of hydrogen-bond donors (Lipinski definition) is 2. The summed E-state index contributed by atoms with van der Waals surface area (Å²) in [6.45, 7) is 5.28. The molecule has 2 rings (SSSR count). The minimum Gasteiger partial charge on any atom is -0.452 e. The van der Waals surface area contributed by atoms with Crippen LogP contribution in [0.15, 0.2) is 4.34 Å². The Labute approximate surface area is 156 Å². The number of nitrogens with zero attached hydrogens (tertiary/aromatic N) is 2. The van der Waals surface area contributed by atoms with E-state index in [1.54, 1.807) is 6.92 Å². The van der Waals surface area contributed by atoms with E-state index in [0.717, 1.165) is 9.47 Å². The predicted molar refractivity (Wildman–Crippen MR) is 100.0 cm³/mol. The van der Waals surface area contributed by atoms with Crippen molar-refractivity contribution in [2.75, 3.05) is 11.1 Å². The lowest BCUT2D eigenvalue weighted by Gasteiger charge is -2.21. The third-order valence-corrected chi connectivity index (χ3v) is 5.72. The van der Waals surface area contributed by atoms with Gasteiger partial charge >= 0.3 is 5.97 Å². The first-order valence-electron chi connectivity index (χ1n) is 8.66. The smallest absolute Gasteiger partial charge is 0.317 e. The molecule has 0 aromatic carbocycles. The molecule has 1 aromatic rings. The Kier molecular flexibility index (Phi) is 7.95. The minimum absolute atomic E-state index is 0.0134. The van der Waals surface area contributed by atoms with Crippen LogP contribution in [0.1, 0.15) is 52.9 Å². The Morgan fingerprint density at radius 1 is 1.24 bits per heavy atom. The molecule has 1 fully saturated rings. The van der Waals surface area contributed by atoms with Crippen LogP contribution in [0.3, 0.4) is 0 Å². The van der Waals surface area contributed by atoms with Crippen LogP contribution in [0.5, 0.6) is 0 Å². The fourth-order valence-electron chi connectivity index (χ4n) is 2.56. The van der Waals surface area contributed by atoms with Crippen molar-refractivity contribution < 1.29 is 14.3 Å². The molecule has 1 atom stereocenters. The molecule has 1 amide bonds. The fourth-order valence-corrected chi connectivity index (χ4v) is 4.17. The molecule has 1 aliphatic rings. The van der Waals surface area contributed by atoms with Crippen LogP contribution in [0.2, 0.25) is 0 Å².